The van der Waals surface area contributed by atoms with Gasteiger partial charge in [-0.15, -0.1) is 0 Å². The highest BCUT2D eigenvalue weighted by Gasteiger charge is 2.65. The van der Waals surface area contributed by atoms with E-state index in [0.717, 1.165) is 17.5 Å². The summed E-state index contributed by atoms with van der Waals surface area (Å²) in [4.78, 5) is 14.8. The van der Waals surface area contributed by atoms with Crippen molar-refractivity contribution in [1.29, 1.82) is 0 Å². The van der Waals surface area contributed by atoms with Crippen LogP contribution in [0.25, 0.3) is 0 Å². The van der Waals surface area contributed by atoms with Gasteiger partial charge >= 0.3 is 0 Å². The predicted molar refractivity (Wildman–Crippen MR) is 98.2 cm³/mol. The Morgan fingerprint density at radius 2 is 2.08 bits per heavy atom. The average molecular weight is 369 g/mol. The molecule has 3 rings (SSSR count). The molecular weight excluding hydrogens is 344 g/mol. The van der Waals surface area contributed by atoms with E-state index in [0.29, 0.717) is 11.6 Å². The lowest BCUT2D eigenvalue weighted by Crippen LogP contribution is -2.46. The van der Waals surface area contributed by atoms with Crippen LogP contribution in [-0.2, 0) is 27.7 Å². The van der Waals surface area contributed by atoms with Crippen molar-refractivity contribution in [3.63, 3.8) is 0 Å². The number of nitrogens with zero attached hydrogens (tertiary/aromatic N) is 1. The molecule has 2 aliphatic rings. The van der Waals surface area contributed by atoms with Crippen LogP contribution in [-0.4, -0.2) is 32.9 Å². The molecule has 24 heavy (non-hydrogen) atoms. The van der Waals surface area contributed by atoms with E-state index in [-0.39, 0.29) is 22.6 Å². The normalized spacial score (nSPS) is 28.7. The topological polar surface area (TPSA) is 49.4 Å². The second-order valence-electron chi connectivity index (χ2n) is 8.03. The van der Waals surface area contributed by atoms with Gasteiger partial charge < -0.3 is 4.90 Å². The number of nitrogens with one attached hydrogen (secondary N) is 1. The molecule has 4 nitrogen and oxygen atoms in total. The molecule has 0 saturated heterocycles. The van der Waals surface area contributed by atoms with Crippen LogP contribution in [0.2, 0.25) is 5.02 Å². The van der Waals surface area contributed by atoms with E-state index in [1.165, 1.54) is 0 Å². The summed E-state index contributed by atoms with van der Waals surface area (Å²) < 4.78 is 15.3. The lowest BCUT2D eigenvalue weighted by atomic mass is 9.83. The molecule has 0 bridgehead atoms. The third-order valence-corrected chi connectivity index (χ3v) is 7.09. The quantitative estimate of drug-likeness (QED) is 0.891. The van der Waals surface area contributed by atoms with Crippen LogP contribution in [0, 0.1) is 5.92 Å². The number of hydrogen-bond acceptors (Lipinski definition) is 2. The first-order valence-electron chi connectivity index (χ1n) is 8.30. The molecule has 4 atom stereocenters. The van der Waals surface area contributed by atoms with Gasteiger partial charge in [0.25, 0.3) is 0 Å². The zero-order valence-electron chi connectivity index (χ0n) is 14.9. The predicted octanol–water partition coefficient (Wildman–Crippen LogP) is 3.01. The summed E-state index contributed by atoms with van der Waals surface area (Å²) in [5.74, 6) is 0.286. The fraction of sp³-hybridized carbons (Fsp3) is 0.611. The summed E-state index contributed by atoms with van der Waals surface area (Å²) in [6, 6.07) is 5.83. The van der Waals surface area contributed by atoms with Crippen LogP contribution >= 0.6 is 11.6 Å². The van der Waals surface area contributed by atoms with Crippen molar-refractivity contribution < 1.29 is 9.00 Å². The zero-order valence-corrected chi connectivity index (χ0v) is 16.4. The van der Waals surface area contributed by atoms with Crippen LogP contribution < -0.4 is 4.72 Å². The third-order valence-electron chi connectivity index (χ3n) is 5.16. The fourth-order valence-corrected chi connectivity index (χ4v) is 4.79. The van der Waals surface area contributed by atoms with E-state index in [9.17, 15) is 9.00 Å². The van der Waals surface area contributed by atoms with Gasteiger partial charge in [-0.3, -0.25) is 4.79 Å². The van der Waals surface area contributed by atoms with Crippen molar-refractivity contribution in [3.8, 4) is 0 Å². The summed E-state index contributed by atoms with van der Waals surface area (Å²) in [7, 11) is 0.697. The monoisotopic (exact) mass is 368 g/mol. The van der Waals surface area contributed by atoms with E-state index in [2.05, 4.69) is 4.72 Å². The van der Waals surface area contributed by atoms with Crippen molar-refractivity contribution in [1.82, 2.24) is 9.62 Å². The molecule has 1 fully saturated rings. The molecule has 1 aromatic rings. The lowest BCUT2D eigenvalue weighted by molar-refractivity contribution is -0.134. The zero-order chi connectivity index (χ0) is 17.9. The number of amides is 1. The molecule has 1 aromatic carbocycles. The van der Waals surface area contributed by atoms with Gasteiger partial charge in [-0.05, 0) is 63.3 Å². The molecule has 1 amide bonds. The van der Waals surface area contributed by atoms with Crippen LogP contribution in [0.5, 0.6) is 0 Å². The maximum absolute atomic E-state index is 13.0. The third kappa shape index (κ3) is 2.80. The van der Waals surface area contributed by atoms with Crippen molar-refractivity contribution >= 4 is 28.5 Å². The standard InChI is InChI=1S/C18H25ClN2O2S/c1-11(20-24(23)17(2,3)4)15-9-18(15)14-8-13(19)7-6-12(14)10-21(5)16(18)22/h6-8,11,15,20H,9-10H2,1-5H3. The highest BCUT2D eigenvalue weighted by molar-refractivity contribution is 7.84. The van der Waals surface area contributed by atoms with Gasteiger partial charge in [0.05, 0.1) is 21.1 Å². The van der Waals surface area contributed by atoms with Crippen LogP contribution in [0.3, 0.4) is 0 Å². The van der Waals surface area contributed by atoms with E-state index in [1.807, 2.05) is 52.9 Å². The fourth-order valence-electron chi connectivity index (χ4n) is 3.76. The van der Waals surface area contributed by atoms with Gasteiger partial charge in [0, 0.05) is 24.7 Å². The van der Waals surface area contributed by atoms with Crippen molar-refractivity contribution in [2.75, 3.05) is 7.05 Å². The molecule has 1 saturated carbocycles. The van der Waals surface area contributed by atoms with Crippen LogP contribution in [0.1, 0.15) is 45.2 Å². The Balaban J connectivity index is 1.91. The highest BCUT2D eigenvalue weighted by Crippen LogP contribution is 2.60. The Kier molecular flexibility index (Phi) is 4.34. The number of carbonyl (C=O) groups excluding carboxylic acids is 1. The molecular formula is C18H25ClN2O2S. The first-order chi connectivity index (χ1) is 11.1. The Morgan fingerprint density at radius 1 is 1.42 bits per heavy atom. The second kappa shape index (κ2) is 5.82. The van der Waals surface area contributed by atoms with Gasteiger partial charge in [0.2, 0.25) is 5.91 Å². The molecule has 1 N–H and O–H groups in total. The Bertz CT molecular complexity index is 715. The van der Waals surface area contributed by atoms with E-state index in [4.69, 9.17) is 11.6 Å². The van der Waals surface area contributed by atoms with Gasteiger partial charge in [0.1, 0.15) is 0 Å². The minimum atomic E-state index is -1.15. The Labute approximate surface area is 151 Å². The molecule has 1 aliphatic heterocycles. The largest absolute Gasteiger partial charge is 0.341 e. The average Bonchev–Trinajstić information content (AvgIpc) is 3.22. The summed E-state index contributed by atoms with van der Waals surface area (Å²) in [5.41, 5.74) is 1.70. The minimum Gasteiger partial charge on any atom is -0.341 e. The maximum atomic E-state index is 13.0. The van der Waals surface area contributed by atoms with Crippen LogP contribution in [0.15, 0.2) is 18.2 Å². The Hall–Kier alpha value is -0.910. The summed E-state index contributed by atoms with van der Waals surface area (Å²) >= 11 is 6.20. The van der Waals surface area contributed by atoms with Gasteiger partial charge in [-0.1, -0.05) is 17.7 Å². The van der Waals surface area contributed by atoms with E-state index >= 15 is 0 Å². The SMILES string of the molecule is CC(NS(=O)C(C)(C)C)C1CC12C(=O)N(C)Cc1ccc(Cl)cc12. The maximum Gasteiger partial charge on any atom is 0.233 e. The summed E-state index contributed by atoms with van der Waals surface area (Å²) in [6.07, 6.45) is 0.777. The Morgan fingerprint density at radius 3 is 2.71 bits per heavy atom. The summed E-state index contributed by atoms with van der Waals surface area (Å²) in [5, 5.41) is 0.662. The number of hydrogen-bond donors (Lipinski definition) is 1. The summed E-state index contributed by atoms with van der Waals surface area (Å²) in [6.45, 7) is 8.48. The number of likely N-dealkylation sites (N-methyl/N-ethyl adjacent to an activating group) is 1. The minimum absolute atomic E-state index is 0.00709. The first kappa shape index (κ1) is 17.9. The number of fused-ring (bicyclic) bond motifs is 2. The molecule has 1 aliphatic carbocycles. The number of benzene rings is 1. The van der Waals surface area contributed by atoms with E-state index in [1.54, 1.807) is 4.90 Å². The van der Waals surface area contributed by atoms with Gasteiger partial charge in [0.15, 0.2) is 0 Å². The smallest absolute Gasteiger partial charge is 0.233 e. The number of carbonyl (C=O) groups is 1. The number of halogens is 1. The van der Waals surface area contributed by atoms with Gasteiger partial charge in [-0.2, -0.15) is 0 Å². The number of rotatable bonds is 3. The molecule has 1 heterocycles. The molecule has 132 valence electrons. The van der Waals surface area contributed by atoms with Gasteiger partial charge in [-0.25, -0.2) is 8.93 Å². The molecule has 6 heteroatoms. The van der Waals surface area contributed by atoms with Crippen molar-refractivity contribution in [3.05, 3.63) is 34.3 Å². The molecule has 0 aromatic heterocycles. The van der Waals surface area contributed by atoms with E-state index < -0.39 is 16.4 Å². The van der Waals surface area contributed by atoms with Crippen LogP contribution in [0.4, 0.5) is 0 Å². The van der Waals surface area contributed by atoms with Crippen molar-refractivity contribution in [2.24, 2.45) is 5.92 Å². The van der Waals surface area contributed by atoms with Crippen molar-refractivity contribution in [2.45, 2.75) is 56.9 Å². The lowest BCUT2D eigenvalue weighted by Gasteiger charge is -2.34. The first-order valence-corrected chi connectivity index (χ1v) is 9.82. The molecule has 0 radical (unpaired) electrons. The second-order valence-corrected chi connectivity index (χ2v) is 10.5. The molecule has 4 unspecified atom stereocenters. The molecule has 1 spiro atoms. The highest BCUT2D eigenvalue weighted by atomic mass is 35.5.